The fraction of sp³-hybridized carbons (Fsp3) is 0.818. The van der Waals surface area contributed by atoms with Gasteiger partial charge in [0, 0.05) is 5.54 Å². The predicted molar refractivity (Wildman–Crippen MR) is 61.7 cm³/mol. The first-order valence-electron chi connectivity index (χ1n) is 5.50. The van der Waals surface area contributed by atoms with Crippen LogP contribution in [0.4, 0.5) is 0 Å². The summed E-state index contributed by atoms with van der Waals surface area (Å²) in [6, 6.07) is -0.222. The second-order valence-electron chi connectivity index (χ2n) is 5.17. The van der Waals surface area contributed by atoms with E-state index in [1.807, 2.05) is 27.7 Å². The summed E-state index contributed by atoms with van der Waals surface area (Å²) >= 11 is 0. The fourth-order valence-electron chi connectivity index (χ4n) is 1.45. The Balaban J connectivity index is 2.67. The molecule has 1 aliphatic heterocycles. The molecule has 2 unspecified atom stereocenters. The smallest absolute Gasteiger partial charge is 0.251 e. The van der Waals surface area contributed by atoms with E-state index in [4.69, 9.17) is 0 Å². The second kappa shape index (κ2) is 4.21. The van der Waals surface area contributed by atoms with Crippen LogP contribution < -0.4 is 10.6 Å². The van der Waals surface area contributed by atoms with Crippen molar-refractivity contribution in [3.05, 3.63) is 0 Å². The third-order valence-corrected chi connectivity index (χ3v) is 2.45. The second-order valence-corrected chi connectivity index (χ2v) is 5.17. The molecule has 0 aromatic carbocycles. The zero-order valence-corrected chi connectivity index (χ0v) is 10.2. The maximum Gasteiger partial charge on any atom is 0.251 e. The third-order valence-electron chi connectivity index (χ3n) is 2.45. The SMILES string of the molecule is CCC(C)C1N=C(NC(C)(C)C)NC1=O. The van der Waals surface area contributed by atoms with E-state index in [9.17, 15) is 4.79 Å². The van der Waals surface area contributed by atoms with Gasteiger partial charge in [-0.15, -0.1) is 0 Å². The summed E-state index contributed by atoms with van der Waals surface area (Å²) in [5, 5.41) is 5.95. The van der Waals surface area contributed by atoms with Crippen LogP contribution in [-0.2, 0) is 4.79 Å². The van der Waals surface area contributed by atoms with E-state index in [2.05, 4.69) is 22.5 Å². The summed E-state index contributed by atoms with van der Waals surface area (Å²) in [5.74, 6) is 0.915. The van der Waals surface area contributed by atoms with Crippen molar-refractivity contribution in [2.45, 2.75) is 52.6 Å². The molecule has 0 saturated carbocycles. The number of carbonyl (C=O) groups excluding carboxylic acids is 1. The molecule has 1 heterocycles. The molecule has 0 radical (unpaired) electrons. The van der Waals surface area contributed by atoms with Gasteiger partial charge in [0.15, 0.2) is 5.96 Å². The number of nitrogens with one attached hydrogen (secondary N) is 2. The minimum Gasteiger partial charge on any atom is -0.351 e. The maximum atomic E-state index is 11.6. The molecule has 0 aromatic rings. The molecule has 2 N–H and O–H groups in total. The van der Waals surface area contributed by atoms with Crippen molar-refractivity contribution in [3.63, 3.8) is 0 Å². The number of guanidine groups is 1. The van der Waals surface area contributed by atoms with Gasteiger partial charge in [-0.1, -0.05) is 20.3 Å². The van der Waals surface area contributed by atoms with Gasteiger partial charge in [0.05, 0.1) is 0 Å². The Kier molecular flexibility index (Phi) is 3.37. The van der Waals surface area contributed by atoms with Crippen LogP contribution in [0.2, 0.25) is 0 Å². The monoisotopic (exact) mass is 211 g/mol. The van der Waals surface area contributed by atoms with Crippen LogP contribution in [-0.4, -0.2) is 23.4 Å². The van der Waals surface area contributed by atoms with E-state index in [1.165, 1.54) is 0 Å². The standard InChI is InChI=1S/C11H21N3O/c1-6-7(2)8-9(15)13-10(12-8)14-11(3,4)5/h7-8H,6H2,1-5H3,(H2,12,13,14,15). The number of hydrogen-bond donors (Lipinski definition) is 2. The van der Waals surface area contributed by atoms with Crippen molar-refractivity contribution < 1.29 is 4.79 Å². The van der Waals surface area contributed by atoms with Crippen LogP contribution in [0.15, 0.2) is 4.99 Å². The van der Waals surface area contributed by atoms with Gasteiger partial charge >= 0.3 is 0 Å². The quantitative estimate of drug-likeness (QED) is 0.723. The first-order chi connectivity index (χ1) is 6.83. The highest BCUT2D eigenvalue weighted by atomic mass is 16.2. The fourth-order valence-corrected chi connectivity index (χ4v) is 1.45. The largest absolute Gasteiger partial charge is 0.351 e. The molecular formula is C11H21N3O. The van der Waals surface area contributed by atoms with Gasteiger partial charge in [-0.2, -0.15) is 0 Å². The summed E-state index contributed by atoms with van der Waals surface area (Å²) in [6.45, 7) is 10.2. The van der Waals surface area contributed by atoms with Gasteiger partial charge in [0.2, 0.25) is 0 Å². The summed E-state index contributed by atoms with van der Waals surface area (Å²) < 4.78 is 0. The zero-order chi connectivity index (χ0) is 11.6. The Labute approximate surface area is 91.5 Å². The van der Waals surface area contributed by atoms with Crippen molar-refractivity contribution in [2.24, 2.45) is 10.9 Å². The highest BCUT2D eigenvalue weighted by Crippen LogP contribution is 2.15. The lowest BCUT2D eigenvalue weighted by molar-refractivity contribution is -0.121. The van der Waals surface area contributed by atoms with E-state index < -0.39 is 0 Å². The molecule has 4 heteroatoms. The molecule has 4 nitrogen and oxygen atoms in total. The average Bonchev–Trinajstić information content (AvgIpc) is 2.42. The lowest BCUT2D eigenvalue weighted by Crippen LogP contribution is -2.47. The minimum atomic E-state index is -0.222. The first-order valence-corrected chi connectivity index (χ1v) is 5.50. The van der Waals surface area contributed by atoms with Gasteiger partial charge in [0.1, 0.15) is 6.04 Å². The third kappa shape index (κ3) is 3.22. The van der Waals surface area contributed by atoms with Crippen LogP contribution >= 0.6 is 0 Å². The molecule has 0 aromatic heterocycles. The van der Waals surface area contributed by atoms with Crippen LogP contribution in [0, 0.1) is 5.92 Å². The number of carbonyl (C=O) groups is 1. The van der Waals surface area contributed by atoms with Crippen LogP contribution in [0.25, 0.3) is 0 Å². The van der Waals surface area contributed by atoms with Gasteiger partial charge in [0.25, 0.3) is 5.91 Å². The van der Waals surface area contributed by atoms with Crippen molar-refractivity contribution in [1.29, 1.82) is 0 Å². The topological polar surface area (TPSA) is 53.5 Å². The number of rotatable bonds is 2. The summed E-state index contributed by atoms with van der Waals surface area (Å²) in [7, 11) is 0. The highest BCUT2D eigenvalue weighted by molar-refractivity contribution is 6.05. The van der Waals surface area contributed by atoms with E-state index >= 15 is 0 Å². The van der Waals surface area contributed by atoms with Crippen LogP contribution in [0.3, 0.4) is 0 Å². The van der Waals surface area contributed by atoms with E-state index in [0.717, 1.165) is 6.42 Å². The van der Waals surface area contributed by atoms with E-state index in [0.29, 0.717) is 11.9 Å². The normalized spacial score (nSPS) is 23.4. The maximum absolute atomic E-state index is 11.6. The molecule has 0 fully saturated rings. The zero-order valence-electron chi connectivity index (χ0n) is 10.2. The van der Waals surface area contributed by atoms with Gasteiger partial charge in [-0.25, -0.2) is 4.99 Å². The Hall–Kier alpha value is -1.06. The molecule has 0 aliphatic carbocycles. The Morgan fingerprint density at radius 2 is 2.13 bits per heavy atom. The molecule has 86 valence electrons. The number of nitrogens with zero attached hydrogens (tertiary/aromatic N) is 1. The highest BCUT2D eigenvalue weighted by Gasteiger charge is 2.31. The van der Waals surface area contributed by atoms with Crippen LogP contribution in [0.1, 0.15) is 41.0 Å². The van der Waals surface area contributed by atoms with Crippen molar-refractivity contribution >= 4 is 11.9 Å². The van der Waals surface area contributed by atoms with Gasteiger partial charge in [-0.3, -0.25) is 10.1 Å². The molecule has 1 aliphatic rings. The molecular weight excluding hydrogens is 190 g/mol. The first kappa shape index (κ1) is 12.0. The lowest BCUT2D eigenvalue weighted by Gasteiger charge is -2.21. The molecule has 15 heavy (non-hydrogen) atoms. The van der Waals surface area contributed by atoms with Crippen LogP contribution in [0.5, 0.6) is 0 Å². The predicted octanol–water partition coefficient (Wildman–Crippen LogP) is 1.27. The van der Waals surface area contributed by atoms with Crippen molar-refractivity contribution in [1.82, 2.24) is 10.6 Å². The molecule has 1 amide bonds. The molecule has 0 saturated heterocycles. The van der Waals surface area contributed by atoms with Gasteiger partial charge < -0.3 is 5.32 Å². The number of aliphatic imine (C=N–C) groups is 1. The van der Waals surface area contributed by atoms with E-state index in [1.54, 1.807) is 0 Å². The number of hydrogen-bond acceptors (Lipinski definition) is 3. The van der Waals surface area contributed by atoms with Crippen molar-refractivity contribution in [2.75, 3.05) is 0 Å². The van der Waals surface area contributed by atoms with Crippen molar-refractivity contribution in [3.8, 4) is 0 Å². The molecule has 1 rings (SSSR count). The van der Waals surface area contributed by atoms with E-state index in [-0.39, 0.29) is 17.5 Å². The Morgan fingerprint density at radius 3 is 2.60 bits per heavy atom. The molecule has 0 spiro atoms. The van der Waals surface area contributed by atoms with Gasteiger partial charge in [-0.05, 0) is 26.7 Å². The summed E-state index contributed by atoms with van der Waals surface area (Å²) in [4.78, 5) is 16.0. The lowest BCUT2D eigenvalue weighted by atomic mass is 10.00. The molecule has 2 atom stereocenters. The Morgan fingerprint density at radius 1 is 1.53 bits per heavy atom. The summed E-state index contributed by atoms with van der Waals surface area (Å²) in [5.41, 5.74) is -0.0730. The Bertz CT molecular complexity index is 278. The number of amides is 1. The summed E-state index contributed by atoms with van der Waals surface area (Å²) in [6.07, 6.45) is 0.963. The average molecular weight is 211 g/mol. The molecule has 0 bridgehead atoms. The minimum absolute atomic E-state index is 0.0103.